The molecule has 0 atom stereocenters. The van der Waals surface area contributed by atoms with Crippen molar-refractivity contribution in [2.75, 3.05) is 32.1 Å². The molecule has 18 heavy (non-hydrogen) atoms. The van der Waals surface area contributed by atoms with E-state index in [0.29, 0.717) is 5.41 Å². The van der Waals surface area contributed by atoms with Crippen molar-refractivity contribution in [1.29, 1.82) is 0 Å². The van der Waals surface area contributed by atoms with E-state index in [9.17, 15) is 0 Å². The summed E-state index contributed by atoms with van der Waals surface area (Å²) >= 11 is 3.69. The molecule has 2 rings (SSSR count). The number of rotatable bonds is 5. The van der Waals surface area contributed by atoms with Crippen LogP contribution in [-0.2, 0) is 18.3 Å². The normalized spacial score (nSPS) is 19.3. The van der Waals surface area contributed by atoms with Gasteiger partial charge in [-0.25, -0.2) is 4.98 Å². The Morgan fingerprint density at radius 3 is 2.78 bits per heavy atom. The lowest BCUT2D eigenvalue weighted by Crippen LogP contribution is -2.41. The van der Waals surface area contributed by atoms with E-state index in [-0.39, 0.29) is 0 Å². The zero-order valence-corrected chi connectivity index (χ0v) is 12.8. The van der Waals surface area contributed by atoms with Crippen LogP contribution in [0.15, 0.2) is 12.4 Å². The van der Waals surface area contributed by atoms with Gasteiger partial charge in [0.15, 0.2) is 0 Å². The fraction of sp³-hybridized carbons (Fsp3) is 0.769. The van der Waals surface area contributed by atoms with Crippen molar-refractivity contribution in [2.24, 2.45) is 12.5 Å². The summed E-state index contributed by atoms with van der Waals surface area (Å²) in [5.41, 5.74) is 0.359. The van der Waals surface area contributed by atoms with E-state index in [0.717, 1.165) is 50.3 Å². The van der Waals surface area contributed by atoms with Gasteiger partial charge >= 0.3 is 0 Å². The number of halogens is 1. The van der Waals surface area contributed by atoms with Crippen LogP contribution in [0.3, 0.4) is 0 Å². The monoisotopic (exact) mass is 315 g/mol. The smallest absolute Gasteiger partial charge is 0.122 e. The molecular weight excluding hydrogens is 294 g/mol. The minimum absolute atomic E-state index is 0.359. The second-order valence-corrected chi connectivity index (χ2v) is 5.93. The Hall–Kier alpha value is -0.390. The minimum atomic E-state index is 0.359. The highest BCUT2D eigenvalue weighted by Crippen LogP contribution is 2.33. The van der Waals surface area contributed by atoms with Crippen molar-refractivity contribution < 1.29 is 4.74 Å². The summed E-state index contributed by atoms with van der Waals surface area (Å²) in [5, 5.41) is 1.05. The summed E-state index contributed by atoms with van der Waals surface area (Å²) in [7, 11) is 4.22. The second-order valence-electron chi connectivity index (χ2n) is 5.37. The van der Waals surface area contributed by atoms with Crippen LogP contribution < -0.4 is 0 Å². The lowest BCUT2D eigenvalue weighted by atomic mass is 9.82. The summed E-state index contributed by atoms with van der Waals surface area (Å²) in [6, 6.07) is 0. The third kappa shape index (κ3) is 3.33. The fourth-order valence-corrected chi connectivity index (χ4v) is 3.30. The van der Waals surface area contributed by atoms with E-state index in [2.05, 4.69) is 37.4 Å². The first-order valence-corrected chi connectivity index (χ1v) is 7.56. The molecule has 0 aliphatic carbocycles. The molecule has 0 radical (unpaired) electrons. The highest BCUT2D eigenvalue weighted by atomic mass is 79.9. The first-order valence-electron chi connectivity index (χ1n) is 6.44. The maximum absolute atomic E-state index is 5.48. The number of ether oxygens (including phenoxy) is 1. The van der Waals surface area contributed by atoms with Gasteiger partial charge in [-0.2, -0.15) is 0 Å². The van der Waals surface area contributed by atoms with Crippen molar-refractivity contribution in [3.05, 3.63) is 18.2 Å². The Bertz CT molecular complexity index is 374. The Labute approximate surface area is 117 Å². The molecule has 0 bridgehead atoms. The van der Waals surface area contributed by atoms with Crippen LogP contribution in [0.5, 0.6) is 0 Å². The largest absolute Gasteiger partial charge is 0.381 e. The average Bonchev–Trinajstić information content (AvgIpc) is 2.76. The number of aryl methyl sites for hydroxylation is 1. The molecule has 1 aromatic heterocycles. The molecule has 1 fully saturated rings. The Balaban J connectivity index is 1.93. The topological polar surface area (TPSA) is 30.3 Å². The number of imidazole rings is 1. The second kappa shape index (κ2) is 6.17. The number of aromatic nitrogens is 2. The van der Waals surface area contributed by atoms with Crippen molar-refractivity contribution in [1.82, 2.24) is 14.5 Å². The molecule has 0 N–H and O–H groups in total. The molecule has 0 unspecified atom stereocenters. The molecule has 4 nitrogen and oxygen atoms in total. The summed E-state index contributed by atoms with van der Waals surface area (Å²) < 4.78 is 7.56. The quantitative estimate of drug-likeness (QED) is 0.779. The summed E-state index contributed by atoms with van der Waals surface area (Å²) in [4.78, 5) is 6.75. The van der Waals surface area contributed by atoms with Gasteiger partial charge in [-0.05, 0) is 25.3 Å². The first-order chi connectivity index (χ1) is 8.65. The van der Waals surface area contributed by atoms with Crippen molar-refractivity contribution in [3.8, 4) is 0 Å². The van der Waals surface area contributed by atoms with Gasteiger partial charge in [0.2, 0.25) is 0 Å². The molecule has 1 aliphatic heterocycles. The van der Waals surface area contributed by atoms with Crippen LogP contribution in [0.1, 0.15) is 18.7 Å². The van der Waals surface area contributed by atoms with Crippen LogP contribution in [0, 0.1) is 5.41 Å². The Morgan fingerprint density at radius 2 is 2.22 bits per heavy atom. The van der Waals surface area contributed by atoms with Crippen LogP contribution in [0.4, 0.5) is 0 Å². The van der Waals surface area contributed by atoms with Crippen molar-refractivity contribution >= 4 is 15.9 Å². The third-order valence-corrected chi connectivity index (χ3v) is 4.96. The SMILES string of the molecule is CN(Cc1nccn1C)CC1(CBr)CCOCC1. The van der Waals surface area contributed by atoms with Gasteiger partial charge in [0.05, 0.1) is 6.54 Å². The molecule has 0 amide bonds. The van der Waals surface area contributed by atoms with Crippen LogP contribution in [0.25, 0.3) is 0 Å². The molecule has 0 aromatic carbocycles. The van der Waals surface area contributed by atoms with E-state index >= 15 is 0 Å². The van der Waals surface area contributed by atoms with Gasteiger partial charge < -0.3 is 9.30 Å². The predicted octanol–water partition coefficient (Wildman–Crippen LogP) is 2.04. The van der Waals surface area contributed by atoms with Crippen LogP contribution in [-0.4, -0.2) is 46.6 Å². The molecule has 5 heteroatoms. The van der Waals surface area contributed by atoms with E-state index < -0.39 is 0 Å². The van der Waals surface area contributed by atoms with Crippen molar-refractivity contribution in [3.63, 3.8) is 0 Å². The zero-order chi connectivity index (χ0) is 13.0. The lowest BCUT2D eigenvalue weighted by Gasteiger charge is -2.38. The molecule has 2 heterocycles. The molecule has 1 aliphatic rings. The van der Waals surface area contributed by atoms with Gasteiger partial charge in [-0.1, -0.05) is 15.9 Å². The van der Waals surface area contributed by atoms with Gasteiger partial charge in [-0.15, -0.1) is 0 Å². The maximum atomic E-state index is 5.48. The summed E-state index contributed by atoms with van der Waals surface area (Å²) in [6.07, 6.45) is 6.14. The number of hydrogen-bond donors (Lipinski definition) is 0. The molecule has 0 spiro atoms. The maximum Gasteiger partial charge on any atom is 0.122 e. The lowest BCUT2D eigenvalue weighted by molar-refractivity contribution is 0.0106. The predicted molar refractivity (Wildman–Crippen MR) is 75.8 cm³/mol. The van der Waals surface area contributed by atoms with E-state index in [4.69, 9.17) is 4.74 Å². The van der Waals surface area contributed by atoms with Gasteiger partial charge in [0, 0.05) is 44.5 Å². The average molecular weight is 316 g/mol. The third-order valence-electron chi connectivity index (χ3n) is 3.77. The fourth-order valence-electron chi connectivity index (χ4n) is 2.56. The molecular formula is C13H22BrN3O. The molecule has 1 aromatic rings. The van der Waals surface area contributed by atoms with Gasteiger partial charge in [-0.3, -0.25) is 4.90 Å². The Morgan fingerprint density at radius 1 is 1.50 bits per heavy atom. The highest BCUT2D eigenvalue weighted by Gasteiger charge is 2.32. The summed E-state index contributed by atoms with van der Waals surface area (Å²) in [5.74, 6) is 1.12. The number of nitrogens with zero attached hydrogens (tertiary/aromatic N) is 3. The van der Waals surface area contributed by atoms with E-state index in [1.807, 2.05) is 19.4 Å². The molecule has 0 saturated carbocycles. The highest BCUT2D eigenvalue weighted by molar-refractivity contribution is 9.09. The van der Waals surface area contributed by atoms with Crippen LogP contribution >= 0.6 is 15.9 Å². The molecule has 1 saturated heterocycles. The minimum Gasteiger partial charge on any atom is -0.381 e. The number of hydrogen-bond acceptors (Lipinski definition) is 3. The van der Waals surface area contributed by atoms with Crippen LogP contribution in [0.2, 0.25) is 0 Å². The molecule has 102 valence electrons. The first kappa shape index (κ1) is 14.0. The standard InChI is InChI=1S/C13H22BrN3O/c1-16(9-12-15-5-6-17(12)2)11-13(10-14)3-7-18-8-4-13/h5-6H,3-4,7-11H2,1-2H3. The van der Waals surface area contributed by atoms with Gasteiger partial charge in [0.25, 0.3) is 0 Å². The van der Waals surface area contributed by atoms with E-state index in [1.165, 1.54) is 0 Å². The van der Waals surface area contributed by atoms with Crippen molar-refractivity contribution in [2.45, 2.75) is 19.4 Å². The Kier molecular flexibility index (Phi) is 4.81. The van der Waals surface area contributed by atoms with Gasteiger partial charge in [0.1, 0.15) is 5.82 Å². The van der Waals surface area contributed by atoms with E-state index in [1.54, 1.807) is 0 Å². The number of alkyl halides is 1. The summed E-state index contributed by atoms with van der Waals surface area (Å²) in [6.45, 7) is 3.78. The zero-order valence-electron chi connectivity index (χ0n) is 11.2.